The fraction of sp³-hybridized carbons (Fsp3) is 0.467. The van der Waals surface area contributed by atoms with E-state index in [4.69, 9.17) is 5.73 Å². The molecule has 1 aromatic heterocycles. The van der Waals surface area contributed by atoms with Gasteiger partial charge in [0.15, 0.2) is 0 Å². The Labute approximate surface area is 116 Å². The van der Waals surface area contributed by atoms with Gasteiger partial charge in [0.1, 0.15) is 0 Å². The van der Waals surface area contributed by atoms with Crippen LogP contribution in [0.5, 0.6) is 0 Å². The van der Waals surface area contributed by atoms with Crippen LogP contribution in [0.1, 0.15) is 44.0 Å². The third-order valence-electron chi connectivity index (χ3n) is 3.57. The van der Waals surface area contributed by atoms with Crippen LogP contribution in [-0.4, -0.2) is 11.1 Å². The average Bonchev–Trinajstić information content (AvgIpc) is 2.74. The second kappa shape index (κ2) is 5.13. The molecule has 0 bridgehead atoms. The monoisotopic (exact) mass is 284 g/mol. The first-order valence-electron chi connectivity index (χ1n) is 6.67. The molecule has 0 amide bonds. The topological polar surface area (TPSA) is 30.9 Å². The Balaban J connectivity index is 2.70. The van der Waals surface area contributed by atoms with Gasteiger partial charge in [0.05, 0.1) is 5.56 Å². The Bertz CT molecular complexity index is 611. The minimum Gasteiger partial charge on any atom is -0.342 e. The minimum atomic E-state index is -4.32. The van der Waals surface area contributed by atoms with Gasteiger partial charge < -0.3 is 10.3 Å². The lowest BCUT2D eigenvalue weighted by molar-refractivity contribution is -0.137. The van der Waals surface area contributed by atoms with Crippen LogP contribution in [0.2, 0.25) is 0 Å². The summed E-state index contributed by atoms with van der Waals surface area (Å²) in [6, 6.07) is 5.91. The maximum atomic E-state index is 12.9. The van der Waals surface area contributed by atoms with E-state index in [1.807, 2.05) is 31.4 Å². The summed E-state index contributed by atoms with van der Waals surface area (Å²) in [6.45, 7) is 6.38. The van der Waals surface area contributed by atoms with E-state index in [1.54, 1.807) is 0 Å². The van der Waals surface area contributed by atoms with Crippen molar-refractivity contribution in [2.75, 3.05) is 6.54 Å². The Morgan fingerprint density at radius 1 is 1.15 bits per heavy atom. The van der Waals surface area contributed by atoms with Crippen LogP contribution >= 0.6 is 0 Å². The van der Waals surface area contributed by atoms with E-state index in [0.29, 0.717) is 12.1 Å². The molecular weight excluding hydrogens is 265 g/mol. The molecule has 0 radical (unpaired) electrons. The average molecular weight is 284 g/mol. The number of hydrogen-bond acceptors (Lipinski definition) is 1. The standard InChI is InChI=1S/C15H19F3N2/c1-9(2)20-13(10(3)8-19)6-11-4-5-12(7-14(11)20)15(16,17)18/h4-7,9-10H,8,19H2,1-3H3. The number of alkyl halides is 3. The SMILES string of the molecule is CC(CN)c1cc2ccc(C(F)(F)F)cc2n1C(C)C. The molecule has 1 heterocycles. The molecule has 2 N–H and O–H groups in total. The summed E-state index contributed by atoms with van der Waals surface area (Å²) in [5, 5.41) is 0.821. The molecule has 1 unspecified atom stereocenters. The van der Waals surface area contributed by atoms with E-state index < -0.39 is 11.7 Å². The maximum Gasteiger partial charge on any atom is 0.416 e. The lowest BCUT2D eigenvalue weighted by atomic mass is 10.1. The van der Waals surface area contributed by atoms with E-state index in [9.17, 15) is 13.2 Å². The van der Waals surface area contributed by atoms with E-state index in [-0.39, 0.29) is 12.0 Å². The van der Waals surface area contributed by atoms with Gasteiger partial charge in [-0.2, -0.15) is 13.2 Å². The zero-order valence-corrected chi connectivity index (χ0v) is 11.8. The molecule has 0 spiro atoms. The Kier molecular flexibility index (Phi) is 3.82. The zero-order chi connectivity index (χ0) is 15.1. The van der Waals surface area contributed by atoms with Crippen molar-refractivity contribution in [1.82, 2.24) is 4.57 Å². The fourth-order valence-corrected chi connectivity index (χ4v) is 2.50. The second-order valence-corrected chi connectivity index (χ2v) is 5.44. The van der Waals surface area contributed by atoms with E-state index >= 15 is 0 Å². The van der Waals surface area contributed by atoms with Gasteiger partial charge in [-0.3, -0.25) is 0 Å². The number of halogens is 3. The molecule has 5 heteroatoms. The Hall–Kier alpha value is -1.49. The number of fused-ring (bicyclic) bond motifs is 1. The van der Waals surface area contributed by atoms with Gasteiger partial charge in [0.25, 0.3) is 0 Å². The molecular formula is C15H19F3N2. The molecule has 0 aliphatic carbocycles. The van der Waals surface area contributed by atoms with E-state index in [2.05, 4.69) is 0 Å². The van der Waals surface area contributed by atoms with Crippen molar-refractivity contribution in [1.29, 1.82) is 0 Å². The van der Waals surface area contributed by atoms with E-state index in [0.717, 1.165) is 17.1 Å². The first kappa shape index (κ1) is 14.9. The first-order chi connectivity index (χ1) is 9.25. The number of aromatic nitrogens is 1. The summed E-state index contributed by atoms with van der Waals surface area (Å²) in [6.07, 6.45) is -4.32. The van der Waals surface area contributed by atoms with E-state index in [1.165, 1.54) is 12.1 Å². The number of hydrogen-bond donors (Lipinski definition) is 1. The normalized spacial score (nSPS) is 14.2. The molecule has 0 saturated carbocycles. The highest BCUT2D eigenvalue weighted by Crippen LogP contribution is 2.34. The summed E-state index contributed by atoms with van der Waals surface area (Å²) in [4.78, 5) is 0. The van der Waals surface area contributed by atoms with Gasteiger partial charge in [-0.15, -0.1) is 0 Å². The highest BCUT2D eigenvalue weighted by atomic mass is 19.4. The molecule has 2 aromatic rings. The summed E-state index contributed by atoms with van der Waals surface area (Å²) < 4.78 is 40.5. The molecule has 0 saturated heterocycles. The van der Waals surface area contributed by atoms with Crippen LogP contribution in [0.3, 0.4) is 0 Å². The second-order valence-electron chi connectivity index (χ2n) is 5.44. The lowest BCUT2D eigenvalue weighted by Gasteiger charge is -2.18. The highest BCUT2D eigenvalue weighted by Gasteiger charge is 2.31. The molecule has 0 aliphatic heterocycles. The van der Waals surface area contributed by atoms with Crippen molar-refractivity contribution < 1.29 is 13.2 Å². The molecule has 2 rings (SSSR count). The Morgan fingerprint density at radius 2 is 1.80 bits per heavy atom. The summed E-state index contributed by atoms with van der Waals surface area (Å²) in [5.74, 6) is 0.110. The third kappa shape index (κ3) is 2.54. The van der Waals surface area contributed by atoms with Gasteiger partial charge in [0, 0.05) is 29.7 Å². The fourth-order valence-electron chi connectivity index (χ4n) is 2.50. The van der Waals surface area contributed by atoms with Crippen molar-refractivity contribution in [2.45, 2.75) is 38.9 Å². The van der Waals surface area contributed by atoms with Crippen molar-refractivity contribution in [2.24, 2.45) is 5.73 Å². The molecule has 1 atom stereocenters. The van der Waals surface area contributed by atoms with Crippen molar-refractivity contribution >= 4 is 10.9 Å². The van der Waals surface area contributed by atoms with Gasteiger partial charge in [-0.05, 0) is 37.4 Å². The van der Waals surface area contributed by atoms with Gasteiger partial charge in [-0.1, -0.05) is 13.0 Å². The summed E-state index contributed by atoms with van der Waals surface area (Å²) in [5.41, 5.74) is 6.69. The number of nitrogens with two attached hydrogens (primary N) is 1. The predicted molar refractivity (Wildman–Crippen MR) is 74.8 cm³/mol. The molecule has 0 aliphatic rings. The van der Waals surface area contributed by atoms with Gasteiger partial charge in [0.2, 0.25) is 0 Å². The number of benzene rings is 1. The van der Waals surface area contributed by atoms with Gasteiger partial charge >= 0.3 is 6.18 Å². The van der Waals surface area contributed by atoms with Crippen LogP contribution < -0.4 is 5.73 Å². The lowest BCUT2D eigenvalue weighted by Crippen LogP contribution is -2.15. The number of rotatable bonds is 3. The Morgan fingerprint density at radius 3 is 2.30 bits per heavy atom. The zero-order valence-electron chi connectivity index (χ0n) is 11.8. The highest BCUT2D eigenvalue weighted by molar-refractivity contribution is 5.82. The van der Waals surface area contributed by atoms with Crippen LogP contribution in [0, 0.1) is 0 Å². The largest absolute Gasteiger partial charge is 0.416 e. The third-order valence-corrected chi connectivity index (χ3v) is 3.57. The maximum absolute atomic E-state index is 12.9. The van der Waals surface area contributed by atoms with Crippen LogP contribution in [0.4, 0.5) is 13.2 Å². The predicted octanol–water partition coefficient (Wildman–Crippen LogP) is 4.30. The van der Waals surface area contributed by atoms with Crippen molar-refractivity contribution in [3.63, 3.8) is 0 Å². The molecule has 110 valence electrons. The first-order valence-corrected chi connectivity index (χ1v) is 6.67. The molecule has 0 fully saturated rings. The summed E-state index contributed by atoms with van der Waals surface area (Å²) >= 11 is 0. The van der Waals surface area contributed by atoms with Crippen LogP contribution in [0.25, 0.3) is 10.9 Å². The van der Waals surface area contributed by atoms with Crippen LogP contribution in [-0.2, 0) is 6.18 Å². The van der Waals surface area contributed by atoms with Crippen molar-refractivity contribution in [3.05, 3.63) is 35.5 Å². The smallest absolute Gasteiger partial charge is 0.342 e. The number of nitrogens with zero attached hydrogens (tertiary/aromatic N) is 1. The van der Waals surface area contributed by atoms with Crippen molar-refractivity contribution in [3.8, 4) is 0 Å². The molecule has 1 aromatic carbocycles. The van der Waals surface area contributed by atoms with Gasteiger partial charge in [-0.25, -0.2) is 0 Å². The molecule has 20 heavy (non-hydrogen) atoms. The molecule has 2 nitrogen and oxygen atoms in total. The quantitative estimate of drug-likeness (QED) is 0.895. The summed E-state index contributed by atoms with van der Waals surface area (Å²) in [7, 11) is 0. The minimum absolute atomic E-state index is 0.0833. The van der Waals surface area contributed by atoms with Crippen LogP contribution in [0.15, 0.2) is 24.3 Å².